The summed E-state index contributed by atoms with van der Waals surface area (Å²) in [6.07, 6.45) is 0.959. The number of carbonyl (C=O) groups is 1. The zero-order valence-electron chi connectivity index (χ0n) is 8.87. The average Bonchev–Trinajstić information content (AvgIpc) is 2.75. The maximum absolute atomic E-state index is 11.9. The highest BCUT2D eigenvalue weighted by molar-refractivity contribution is 6.29. The van der Waals surface area contributed by atoms with Crippen molar-refractivity contribution in [3.8, 4) is 0 Å². The summed E-state index contributed by atoms with van der Waals surface area (Å²) >= 11 is 5.62. The van der Waals surface area contributed by atoms with E-state index in [1.165, 1.54) is 5.56 Å². The zero-order valence-corrected chi connectivity index (χ0v) is 9.62. The molecule has 0 bridgehead atoms. The van der Waals surface area contributed by atoms with Crippen molar-refractivity contribution < 1.29 is 9.21 Å². The fourth-order valence-corrected chi connectivity index (χ4v) is 1.62. The molecular weight excluding hydrogens is 224 g/mol. The van der Waals surface area contributed by atoms with E-state index < -0.39 is 0 Å². The molecule has 2 nitrogen and oxygen atoms in total. The third kappa shape index (κ3) is 2.17. The van der Waals surface area contributed by atoms with Crippen molar-refractivity contribution >= 4 is 17.4 Å². The Labute approximate surface area is 98.8 Å². The molecule has 1 aromatic carbocycles. The van der Waals surface area contributed by atoms with Crippen LogP contribution in [0.4, 0.5) is 0 Å². The molecule has 0 unspecified atom stereocenters. The molecule has 0 aliphatic heterocycles. The molecule has 3 heteroatoms. The van der Waals surface area contributed by atoms with E-state index in [-0.39, 0.29) is 16.8 Å². The topological polar surface area (TPSA) is 30.2 Å². The summed E-state index contributed by atoms with van der Waals surface area (Å²) in [5, 5.41) is 0.230. The van der Waals surface area contributed by atoms with Crippen LogP contribution in [0.2, 0.25) is 5.22 Å². The number of rotatable bonds is 3. The Kier molecular flexibility index (Phi) is 3.11. The lowest BCUT2D eigenvalue weighted by Gasteiger charge is -1.99. The van der Waals surface area contributed by atoms with E-state index in [9.17, 15) is 4.79 Å². The van der Waals surface area contributed by atoms with Gasteiger partial charge in [-0.1, -0.05) is 31.2 Å². The van der Waals surface area contributed by atoms with Crippen molar-refractivity contribution in [1.82, 2.24) is 0 Å². The summed E-state index contributed by atoms with van der Waals surface area (Å²) in [4.78, 5) is 11.9. The van der Waals surface area contributed by atoms with E-state index >= 15 is 0 Å². The number of hydrogen-bond acceptors (Lipinski definition) is 2. The van der Waals surface area contributed by atoms with Crippen LogP contribution in [-0.2, 0) is 6.42 Å². The summed E-state index contributed by atoms with van der Waals surface area (Å²) in [5.74, 6) is 0.129. The van der Waals surface area contributed by atoms with E-state index in [0.717, 1.165) is 6.42 Å². The third-order valence-electron chi connectivity index (χ3n) is 2.42. The number of halogens is 1. The molecule has 1 aromatic heterocycles. The number of hydrogen-bond donors (Lipinski definition) is 0. The van der Waals surface area contributed by atoms with Crippen LogP contribution >= 0.6 is 11.6 Å². The lowest BCUT2D eigenvalue weighted by Crippen LogP contribution is -1.99. The summed E-state index contributed by atoms with van der Waals surface area (Å²) < 4.78 is 5.07. The molecule has 0 fully saturated rings. The number of aryl methyl sites for hydroxylation is 1. The summed E-state index contributed by atoms with van der Waals surface area (Å²) in [5.41, 5.74) is 1.82. The van der Waals surface area contributed by atoms with Crippen molar-refractivity contribution in [3.63, 3.8) is 0 Å². The molecule has 0 saturated carbocycles. The van der Waals surface area contributed by atoms with Crippen molar-refractivity contribution in [2.24, 2.45) is 0 Å². The van der Waals surface area contributed by atoms with Crippen LogP contribution in [0.5, 0.6) is 0 Å². The third-order valence-corrected chi connectivity index (χ3v) is 2.62. The van der Waals surface area contributed by atoms with Gasteiger partial charge in [0.2, 0.25) is 5.78 Å². The molecule has 0 atom stereocenters. The normalized spacial score (nSPS) is 10.4. The molecule has 0 aliphatic carbocycles. The van der Waals surface area contributed by atoms with Crippen LogP contribution in [0, 0.1) is 0 Å². The SMILES string of the molecule is CCc1ccc(C(=O)c2ccc(Cl)o2)cc1. The van der Waals surface area contributed by atoms with Crippen molar-refractivity contribution in [2.45, 2.75) is 13.3 Å². The van der Waals surface area contributed by atoms with E-state index in [4.69, 9.17) is 16.0 Å². The quantitative estimate of drug-likeness (QED) is 0.758. The van der Waals surface area contributed by atoms with Gasteiger partial charge in [-0.3, -0.25) is 4.79 Å². The first-order chi connectivity index (χ1) is 7.70. The van der Waals surface area contributed by atoms with Gasteiger partial charge in [0.05, 0.1) is 0 Å². The first kappa shape index (κ1) is 11.0. The number of benzene rings is 1. The Morgan fingerprint density at radius 2 is 1.88 bits per heavy atom. The monoisotopic (exact) mass is 234 g/mol. The van der Waals surface area contributed by atoms with Crippen molar-refractivity contribution in [1.29, 1.82) is 0 Å². The highest BCUT2D eigenvalue weighted by Crippen LogP contribution is 2.17. The van der Waals surface area contributed by atoms with E-state index in [2.05, 4.69) is 6.92 Å². The molecule has 2 rings (SSSR count). The van der Waals surface area contributed by atoms with Crippen molar-refractivity contribution in [2.75, 3.05) is 0 Å². The van der Waals surface area contributed by atoms with Crippen LogP contribution < -0.4 is 0 Å². The molecule has 0 spiro atoms. The molecule has 82 valence electrons. The average molecular weight is 235 g/mol. The van der Waals surface area contributed by atoms with E-state index in [1.54, 1.807) is 24.3 Å². The minimum absolute atomic E-state index is 0.144. The van der Waals surface area contributed by atoms with Gasteiger partial charge in [-0.25, -0.2) is 0 Å². The lowest BCUT2D eigenvalue weighted by molar-refractivity contribution is 0.101. The Hall–Kier alpha value is -1.54. The second-order valence-electron chi connectivity index (χ2n) is 3.48. The predicted octanol–water partition coefficient (Wildman–Crippen LogP) is 3.73. The largest absolute Gasteiger partial charge is 0.441 e. The number of ketones is 1. The maximum Gasteiger partial charge on any atom is 0.228 e. The molecule has 16 heavy (non-hydrogen) atoms. The Bertz CT molecular complexity index is 497. The standard InChI is InChI=1S/C13H11ClO2/c1-2-9-3-5-10(6-4-9)13(15)11-7-8-12(14)16-11/h3-8H,2H2,1H3. The lowest BCUT2D eigenvalue weighted by atomic mass is 10.1. The molecule has 2 aromatic rings. The van der Waals surface area contributed by atoms with Gasteiger partial charge < -0.3 is 4.42 Å². The van der Waals surface area contributed by atoms with Crippen LogP contribution in [0.3, 0.4) is 0 Å². The highest BCUT2D eigenvalue weighted by atomic mass is 35.5. The smallest absolute Gasteiger partial charge is 0.228 e. The first-order valence-corrected chi connectivity index (χ1v) is 5.47. The van der Waals surface area contributed by atoms with E-state index in [1.807, 2.05) is 12.1 Å². The highest BCUT2D eigenvalue weighted by Gasteiger charge is 2.12. The fraction of sp³-hybridized carbons (Fsp3) is 0.154. The van der Waals surface area contributed by atoms with Gasteiger partial charge in [-0.2, -0.15) is 0 Å². The van der Waals surface area contributed by atoms with Gasteiger partial charge in [-0.15, -0.1) is 0 Å². The van der Waals surface area contributed by atoms with E-state index in [0.29, 0.717) is 5.56 Å². The molecular formula is C13H11ClO2. The fourth-order valence-electron chi connectivity index (χ4n) is 1.47. The van der Waals surface area contributed by atoms with Gasteiger partial charge in [0.25, 0.3) is 0 Å². The van der Waals surface area contributed by atoms with Crippen molar-refractivity contribution in [3.05, 3.63) is 58.5 Å². The zero-order chi connectivity index (χ0) is 11.5. The predicted molar refractivity (Wildman–Crippen MR) is 63.0 cm³/mol. The van der Waals surface area contributed by atoms with Gasteiger partial charge in [0.15, 0.2) is 11.0 Å². The first-order valence-electron chi connectivity index (χ1n) is 5.09. The van der Waals surface area contributed by atoms with Crippen LogP contribution in [0.15, 0.2) is 40.8 Å². The Morgan fingerprint density at radius 3 is 2.38 bits per heavy atom. The van der Waals surface area contributed by atoms with Crippen LogP contribution in [-0.4, -0.2) is 5.78 Å². The van der Waals surface area contributed by atoms with Gasteiger partial charge in [-0.05, 0) is 35.7 Å². The van der Waals surface area contributed by atoms with Gasteiger partial charge in [0, 0.05) is 5.56 Å². The molecule has 0 saturated heterocycles. The second-order valence-corrected chi connectivity index (χ2v) is 3.86. The summed E-state index contributed by atoms with van der Waals surface area (Å²) in [6.45, 7) is 2.07. The molecule has 0 amide bonds. The molecule has 1 heterocycles. The number of furan rings is 1. The Balaban J connectivity index is 2.27. The minimum atomic E-state index is -0.144. The van der Waals surface area contributed by atoms with Gasteiger partial charge in [0.1, 0.15) is 0 Å². The minimum Gasteiger partial charge on any atom is -0.441 e. The summed E-state index contributed by atoms with van der Waals surface area (Å²) in [6, 6.07) is 10.6. The summed E-state index contributed by atoms with van der Waals surface area (Å²) in [7, 11) is 0. The molecule has 0 N–H and O–H groups in total. The maximum atomic E-state index is 11.9. The number of carbonyl (C=O) groups excluding carboxylic acids is 1. The van der Waals surface area contributed by atoms with Crippen LogP contribution in [0.1, 0.15) is 28.6 Å². The van der Waals surface area contributed by atoms with Crippen LogP contribution in [0.25, 0.3) is 0 Å². The molecule has 0 radical (unpaired) electrons. The molecule has 0 aliphatic rings. The van der Waals surface area contributed by atoms with Gasteiger partial charge >= 0.3 is 0 Å². The Morgan fingerprint density at radius 1 is 1.19 bits per heavy atom. The second kappa shape index (κ2) is 4.54.